The summed E-state index contributed by atoms with van der Waals surface area (Å²) in [4.78, 5) is 11.4. The number of para-hydroxylation sites is 1. The van der Waals surface area contributed by atoms with Gasteiger partial charge in [-0.1, -0.05) is 18.2 Å². The van der Waals surface area contributed by atoms with Gasteiger partial charge in [0.15, 0.2) is 5.43 Å². The second-order valence-electron chi connectivity index (χ2n) is 3.98. The van der Waals surface area contributed by atoms with Crippen molar-refractivity contribution in [1.29, 1.82) is 0 Å². The molecule has 16 heavy (non-hydrogen) atoms. The number of rotatable bonds is 0. The summed E-state index contributed by atoms with van der Waals surface area (Å²) in [6, 6.07) is 15.5. The molecule has 0 atom stereocenters. The number of fused-ring (bicyclic) bond motifs is 2. The lowest BCUT2D eigenvalue weighted by Crippen LogP contribution is -2.05. The Morgan fingerprint density at radius 2 is 1.81 bits per heavy atom. The minimum Gasteiger partial charge on any atom is -0.344 e. The molecule has 2 nitrogen and oxygen atoms in total. The van der Waals surface area contributed by atoms with Crippen LogP contribution in [0, 0.1) is 0 Å². The molecule has 0 unspecified atom stereocenters. The van der Waals surface area contributed by atoms with Crippen LogP contribution in [0.4, 0.5) is 0 Å². The minimum absolute atomic E-state index is 0.0541. The van der Waals surface area contributed by atoms with Crippen LogP contribution < -0.4 is 5.43 Å². The third kappa shape index (κ3) is 1.23. The van der Waals surface area contributed by atoms with Gasteiger partial charge in [0.25, 0.3) is 0 Å². The van der Waals surface area contributed by atoms with Crippen LogP contribution in [-0.2, 0) is 7.05 Å². The molecule has 1 heterocycles. The third-order valence-electron chi connectivity index (χ3n) is 2.97. The normalized spacial score (nSPS) is 11.1. The summed E-state index contributed by atoms with van der Waals surface area (Å²) in [5, 5.41) is 1.19. The summed E-state index contributed by atoms with van der Waals surface area (Å²) in [7, 11) is 1.99. The molecule has 1 aliphatic heterocycles. The second kappa shape index (κ2) is 3.20. The van der Waals surface area contributed by atoms with Crippen molar-refractivity contribution in [2.24, 2.45) is 7.05 Å². The van der Waals surface area contributed by atoms with E-state index in [9.17, 15) is 4.79 Å². The first kappa shape index (κ1) is 9.16. The molecule has 1 aromatic rings. The van der Waals surface area contributed by atoms with Gasteiger partial charge in [-0.2, -0.15) is 0 Å². The molecule has 0 saturated carbocycles. The minimum atomic E-state index is 0.0541. The van der Waals surface area contributed by atoms with Gasteiger partial charge in [0.05, 0.1) is 5.69 Å². The van der Waals surface area contributed by atoms with Gasteiger partial charge in [-0.25, -0.2) is 0 Å². The Labute approximate surface area is 93.1 Å². The van der Waals surface area contributed by atoms with Gasteiger partial charge in [0, 0.05) is 18.6 Å². The van der Waals surface area contributed by atoms with Crippen LogP contribution in [0.2, 0.25) is 0 Å². The molecule has 3 rings (SSSR count). The second-order valence-corrected chi connectivity index (χ2v) is 3.98. The van der Waals surface area contributed by atoms with Gasteiger partial charge >= 0.3 is 0 Å². The number of nitrogens with zero attached hydrogens (tertiary/aromatic N) is 1. The van der Waals surface area contributed by atoms with E-state index in [1.54, 1.807) is 12.1 Å². The first-order chi connectivity index (χ1) is 7.75. The Bertz CT molecular complexity index is 697. The van der Waals surface area contributed by atoms with Gasteiger partial charge < -0.3 is 4.57 Å². The highest BCUT2D eigenvalue weighted by atomic mass is 16.1. The van der Waals surface area contributed by atoms with Crippen LogP contribution >= 0.6 is 0 Å². The molecule has 0 N–H and O–H groups in total. The Balaban J connectivity index is 2.57. The maximum atomic E-state index is 11.4. The molecule has 0 fully saturated rings. The SMILES string of the molecule is Cn1c2cc(=O)ccc-2cc2ccccc21. The molecule has 0 amide bonds. The van der Waals surface area contributed by atoms with Gasteiger partial charge in [0.1, 0.15) is 0 Å². The van der Waals surface area contributed by atoms with E-state index in [-0.39, 0.29) is 5.43 Å². The van der Waals surface area contributed by atoms with Crippen molar-refractivity contribution < 1.29 is 0 Å². The van der Waals surface area contributed by atoms with Crippen molar-refractivity contribution >= 4 is 10.9 Å². The van der Waals surface area contributed by atoms with Crippen molar-refractivity contribution in [3.8, 4) is 11.3 Å². The molecule has 2 aliphatic rings. The number of pyridine rings is 1. The van der Waals surface area contributed by atoms with E-state index >= 15 is 0 Å². The lowest BCUT2D eigenvalue weighted by molar-refractivity contribution is 0.960. The first-order valence-electron chi connectivity index (χ1n) is 5.24. The Morgan fingerprint density at radius 3 is 2.69 bits per heavy atom. The van der Waals surface area contributed by atoms with Crippen LogP contribution in [0.1, 0.15) is 0 Å². The molecule has 0 bridgehead atoms. The number of aryl methyl sites for hydroxylation is 1. The van der Waals surface area contributed by atoms with E-state index in [0.717, 1.165) is 16.8 Å². The standard InChI is InChI=1S/C14H11NO/c1-15-13-5-3-2-4-10(13)8-11-6-7-12(16)9-14(11)15/h2-9H,1H3. The number of hydrogen-bond donors (Lipinski definition) is 0. The molecule has 0 saturated heterocycles. The zero-order valence-electron chi connectivity index (χ0n) is 8.97. The molecular formula is C14H11NO. The van der Waals surface area contributed by atoms with Crippen LogP contribution in [0.5, 0.6) is 0 Å². The molecule has 78 valence electrons. The first-order valence-corrected chi connectivity index (χ1v) is 5.24. The van der Waals surface area contributed by atoms with Crippen molar-refractivity contribution in [2.45, 2.75) is 0 Å². The maximum absolute atomic E-state index is 11.4. The summed E-state index contributed by atoms with van der Waals surface area (Å²) in [5.74, 6) is 0. The lowest BCUT2D eigenvalue weighted by atomic mass is 10.1. The van der Waals surface area contributed by atoms with Crippen molar-refractivity contribution in [1.82, 2.24) is 4.57 Å². The van der Waals surface area contributed by atoms with E-state index in [4.69, 9.17) is 0 Å². The molecule has 0 radical (unpaired) electrons. The van der Waals surface area contributed by atoms with Gasteiger partial charge in [-0.3, -0.25) is 4.79 Å². The van der Waals surface area contributed by atoms with Gasteiger partial charge in [-0.05, 0) is 35.2 Å². The smallest absolute Gasteiger partial charge is 0.180 e. The molecule has 2 heteroatoms. The predicted octanol–water partition coefficient (Wildman–Crippen LogP) is 2.64. The monoisotopic (exact) mass is 209 g/mol. The van der Waals surface area contributed by atoms with Gasteiger partial charge in [-0.15, -0.1) is 0 Å². The third-order valence-corrected chi connectivity index (χ3v) is 2.97. The molecule has 0 aromatic heterocycles. The van der Waals surface area contributed by atoms with Crippen LogP contribution in [-0.4, -0.2) is 4.57 Å². The predicted molar refractivity (Wildman–Crippen MR) is 65.8 cm³/mol. The number of aromatic nitrogens is 1. The maximum Gasteiger partial charge on any atom is 0.180 e. The van der Waals surface area contributed by atoms with Crippen molar-refractivity contribution in [3.63, 3.8) is 0 Å². The van der Waals surface area contributed by atoms with E-state index in [1.807, 2.05) is 25.2 Å². The average molecular weight is 209 g/mol. The highest BCUT2D eigenvalue weighted by Gasteiger charge is 2.07. The molecular weight excluding hydrogens is 198 g/mol. The van der Waals surface area contributed by atoms with Gasteiger partial charge in [0.2, 0.25) is 0 Å². The highest BCUT2D eigenvalue weighted by molar-refractivity contribution is 5.86. The lowest BCUT2D eigenvalue weighted by Gasteiger charge is -2.14. The van der Waals surface area contributed by atoms with Crippen LogP contribution in [0.15, 0.2) is 53.3 Å². The fraction of sp³-hybridized carbons (Fsp3) is 0.0714. The summed E-state index contributed by atoms with van der Waals surface area (Å²) in [6.07, 6.45) is 0. The zero-order valence-corrected chi connectivity index (χ0v) is 8.97. The summed E-state index contributed by atoms with van der Waals surface area (Å²) < 4.78 is 2.06. The Kier molecular flexibility index (Phi) is 1.83. The topological polar surface area (TPSA) is 22.0 Å². The fourth-order valence-corrected chi connectivity index (χ4v) is 2.15. The van der Waals surface area contributed by atoms with E-state index in [0.29, 0.717) is 0 Å². The van der Waals surface area contributed by atoms with E-state index < -0.39 is 0 Å². The molecule has 1 aromatic carbocycles. The molecule has 1 aliphatic carbocycles. The van der Waals surface area contributed by atoms with E-state index in [2.05, 4.69) is 22.8 Å². The Morgan fingerprint density at radius 1 is 1.00 bits per heavy atom. The quantitative estimate of drug-likeness (QED) is 0.522. The van der Waals surface area contributed by atoms with Crippen molar-refractivity contribution in [3.05, 3.63) is 58.8 Å². The summed E-state index contributed by atoms with van der Waals surface area (Å²) in [5.41, 5.74) is 3.27. The van der Waals surface area contributed by atoms with Crippen molar-refractivity contribution in [2.75, 3.05) is 0 Å². The van der Waals surface area contributed by atoms with E-state index in [1.165, 1.54) is 5.39 Å². The number of benzene rings is 2. The number of hydrogen-bond acceptors (Lipinski definition) is 1. The summed E-state index contributed by atoms with van der Waals surface area (Å²) >= 11 is 0. The zero-order chi connectivity index (χ0) is 11.1. The van der Waals surface area contributed by atoms with Crippen LogP contribution in [0.3, 0.4) is 0 Å². The largest absolute Gasteiger partial charge is 0.344 e. The fourth-order valence-electron chi connectivity index (χ4n) is 2.15. The Hall–Kier alpha value is -2.09. The molecule has 0 spiro atoms. The average Bonchev–Trinajstić information content (AvgIpc) is 2.31. The van der Waals surface area contributed by atoms with Crippen LogP contribution in [0.25, 0.3) is 22.2 Å². The summed E-state index contributed by atoms with van der Waals surface area (Å²) in [6.45, 7) is 0. The highest BCUT2D eigenvalue weighted by Crippen LogP contribution is 2.25.